The lowest BCUT2D eigenvalue weighted by molar-refractivity contribution is 0.226. The Bertz CT molecular complexity index is 380. The number of benzene rings is 1. The smallest absolute Gasteiger partial charge is 0.123 e. The molecule has 0 spiro atoms. The summed E-state index contributed by atoms with van der Waals surface area (Å²) in [6.07, 6.45) is 1.29. The maximum atomic E-state index is 5.88. The Morgan fingerprint density at radius 3 is 3.12 bits per heavy atom. The molecule has 17 heavy (non-hydrogen) atoms. The van der Waals surface area contributed by atoms with Gasteiger partial charge in [0.2, 0.25) is 0 Å². The maximum absolute atomic E-state index is 5.88. The first-order chi connectivity index (χ1) is 8.19. The first kappa shape index (κ1) is 12.7. The van der Waals surface area contributed by atoms with Crippen molar-refractivity contribution in [2.75, 3.05) is 19.0 Å². The van der Waals surface area contributed by atoms with E-state index in [0.717, 1.165) is 25.3 Å². The second kappa shape index (κ2) is 5.74. The number of nitrogens with one attached hydrogen (secondary N) is 1. The fourth-order valence-electron chi connectivity index (χ4n) is 2.11. The predicted molar refractivity (Wildman–Crippen MR) is 72.1 cm³/mol. The van der Waals surface area contributed by atoms with Gasteiger partial charge in [-0.3, -0.25) is 0 Å². The van der Waals surface area contributed by atoms with Crippen molar-refractivity contribution in [2.45, 2.75) is 26.4 Å². The fraction of sp³-hybridized carbons (Fsp3) is 0.571. The topological polar surface area (TPSA) is 21.3 Å². The zero-order valence-electron chi connectivity index (χ0n) is 10.5. The molecule has 2 rings (SSSR count). The molecule has 0 amide bonds. The van der Waals surface area contributed by atoms with Crippen LogP contribution in [0.3, 0.4) is 0 Å². The summed E-state index contributed by atoms with van der Waals surface area (Å²) in [5.74, 6) is 2.27. The van der Waals surface area contributed by atoms with Crippen molar-refractivity contribution >= 4 is 11.6 Å². The summed E-state index contributed by atoms with van der Waals surface area (Å²) in [7, 11) is 0. The SMILES string of the molecule is Cc1ccc2c(c1)CC(CNCC(C)CCl)O2. The molecule has 2 nitrogen and oxygen atoms in total. The van der Waals surface area contributed by atoms with Crippen LogP contribution in [0.15, 0.2) is 18.2 Å². The van der Waals surface area contributed by atoms with Gasteiger partial charge in [0.1, 0.15) is 11.9 Å². The third-order valence-electron chi connectivity index (χ3n) is 3.09. The van der Waals surface area contributed by atoms with E-state index in [-0.39, 0.29) is 6.10 Å². The fourth-order valence-corrected chi connectivity index (χ4v) is 2.22. The van der Waals surface area contributed by atoms with Crippen LogP contribution in [0.5, 0.6) is 5.75 Å². The van der Waals surface area contributed by atoms with Crippen LogP contribution in [0.4, 0.5) is 0 Å². The zero-order valence-corrected chi connectivity index (χ0v) is 11.3. The van der Waals surface area contributed by atoms with Crippen LogP contribution >= 0.6 is 11.6 Å². The van der Waals surface area contributed by atoms with E-state index in [2.05, 4.69) is 37.4 Å². The van der Waals surface area contributed by atoms with Crippen molar-refractivity contribution in [1.29, 1.82) is 0 Å². The molecule has 0 aliphatic carbocycles. The number of rotatable bonds is 5. The average Bonchev–Trinajstić information content (AvgIpc) is 2.70. The summed E-state index contributed by atoms with van der Waals surface area (Å²) in [6, 6.07) is 6.40. The lowest BCUT2D eigenvalue weighted by Gasteiger charge is -2.13. The summed E-state index contributed by atoms with van der Waals surface area (Å²) in [6.45, 7) is 6.12. The number of aryl methyl sites for hydroxylation is 1. The molecule has 0 fully saturated rings. The molecule has 2 atom stereocenters. The van der Waals surface area contributed by atoms with Gasteiger partial charge in [-0.25, -0.2) is 0 Å². The minimum Gasteiger partial charge on any atom is -0.488 e. The molecule has 1 aliphatic heterocycles. The first-order valence-electron chi connectivity index (χ1n) is 6.22. The third-order valence-corrected chi connectivity index (χ3v) is 3.61. The lowest BCUT2D eigenvalue weighted by atomic mass is 10.1. The first-order valence-corrected chi connectivity index (χ1v) is 6.75. The monoisotopic (exact) mass is 253 g/mol. The van der Waals surface area contributed by atoms with Crippen LogP contribution in [-0.2, 0) is 6.42 Å². The highest BCUT2D eigenvalue weighted by Crippen LogP contribution is 2.29. The molecule has 1 N–H and O–H groups in total. The molecule has 0 saturated heterocycles. The summed E-state index contributed by atoms with van der Waals surface area (Å²) < 4.78 is 5.88. The van der Waals surface area contributed by atoms with Gasteiger partial charge >= 0.3 is 0 Å². The van der Waals surface area contributed by atoms with Gasteiger partial charge in [-0.15, -0.1) is 11.6 Å². The van der Waals surface area contributed by atoms with Gasteiger partial charge in [-0.1, -0.05) is 24.6 Å². The van der Waals surface area contributed by atoms with E-state index >= 15 is 0 Å². The molecule has 94 valence electrons. The van der Waals surface area contributed by atoms with E-state index in [9.17, 15) is 0 Å². The minimum absolute atomic E-state index is 0.273. The van der Waals surface area contributed by atoms with E-state index in [1.807, 2.05) is 0 Å². The van der Waals surface area contributed by atoms with Crippen LogP contribution in [0.25, 0.3) is 0 Å². The molecule has 0 saturated carbocycles. The van der Waals surface area contributed by atoms with E-state index in [4.69, 9.17) is 16.3 Å². The third kappa shape index (κ3) is 3.36. The van der Waals surface area contributed by atoms with Crippen LogP contribution in [0.2, 0.25) is 0 Å². The Morgan fingerprint density at radius 1 is 1.53 bits per heavy atom. The van der Waals surface area contributed by atoms with Crippen LogP contribution in [0.1, 0.15) is 18.1 Å². The number of halogens is 1. The van der Waals surface area contributed by atoms with Gasteiger partial charge in [-0.05, 0) is 31.0 Å². The van der Waals surface area contributed by atoms with Crippen LogP contribution < -0.4 is 10.1 Å². The van der Waals surface area contributed by atoms with Crippen LogP contribution in [-0.4, -0.2) is 25.1 Å². The van der Waals surface area contributed by atoms with Crippen molar-refractivity contribution in [3.05, 3.63) is 29.3 Å². The summed E-state index contributed by atoms with van der Waals surface area (Å²) in [5, 5.41) is 3.42. The van der Waals surface area contributed by atoms with Crippen molar-refractivity contribution in [1.82, 2.24) is 5.32 Å². The van der Waals surface area contributed by atoms with Gasteiger partial charge in [0.25, 0.3) is 0 Å². The van der Waals surface area contributed by atoms with Crippen molar-refractivity contribution < 1.29 is 4.74 Å². The largest absolute Gasteiger partial charge is 0.488 e. The number of alkyl halides is 1. The highest BCUT2D eigenvalue weighted by atomic mass is 35.5. The maximum Gasteiger partial charge on any atom is 0.123 e. The van der Waals surface area contributed by atoms with Gasteiger partial charge in [0.05, 0.1) is 0 Å². The molecule has 0 aromatic heterocycles. The average molecular weight is 254 g/mol. The molecule has 0 bridgehead atoms. The van der Waals surface area contributed by atoms with E-state index in [1.165, 1.54) is 11.1 Å². The molecule has 1 aromatic carbocycles. The Labute approximate surface area is 108 Å². The Morgan fingerprint density at radius 2 is 2.35 bits per heavy atom. The van der Waals surface area contributed by atoms with Gasteiger partial charge in [0.15, 0.2) is 0 Å². The van der Waals surface area contributed by atoms with E-state index in [1.54, 1.807) is 0 Å². The van der Waals surface area contributed by atoms with Crippen molar-refractivity contribution in [3.63, 3.8) is 0 Å². The van der Waals surface area contributed by atoms with Crippen LogP contribution in [0, 0.1) is 12.8 Å². The van der Waals surface area contributed by atoms with Crippen molar-refractivity contribution in [2.24, 2.45) is 5.92 Å². The standard InChI is InChI=1S/C14H20ClNO/c1-10-3-4-14-12(5-10)6-13(17-14)9-16-8-11(2)7-15/h3-5,11,13,16H,6-9H2,1-2H3. The molecule has 1 aromatic rings. The Hall–Kier alpha value is -0.730. The molecule has 0 radical (unpaired) electrons. The number of hydrogen-bond acceptors (Lipinski definition) is 2. The Kier molecular flexibility index (Phi) is 4.30. The van der Waals surface area contributed by atoms with E-state index in [0.29, 0.717) is 11.8 Å². The quantitative estimate of drug-likeness (QED) is 0.815. The van der Waals surface area contributed by atoms with Gasteiger partial charge < -0.3 is 10.1 Å². The van der Waals surface area contributed by atoms with Gasteiger partial charge in [0, 0.05) is 18.8 Å². The molecular weight excluding hydrogens is 234 g/mol. The lowest BCUT2D eigenvalue weighted by Crippen LogP contribution is -2.33. The minimum atomic E-state index is 0.273. The Balaban J connectivity index is 1.80. The normalized spacial score (nSPS) is 19.8. The highest BCUT2D eigenvalue weighted by molar-refractivity contribution is 6.18. The zero-order chi connectivity index (χ0) is 12.3. The molecular formula is C14H20ClNO. The molecule has 1 heterocycles. The summed E-state index contributed by atoms with van der Waals surface area (Å²) in [4.78, 5) is 0. The van der Waals surface area contributed by atoms with Crippen molar-refractivity contribution in [3.8, 4) is 5.75 Å². The highest BCUT2D eigenvalue weighted by Gasteiger charge is 2.22. The number of hydrogen-bond donors (Lipinski definition) is 1. The summed E-state index contributed by atoms with van der Waals surface area (Å²) >= 11 is 5.77. The number of fused-ring (bicyclic) bond motifs is 1. The molecule has 2 unspecified atom stereocenters. The second-order valence-corrected chi connectivity index (χ2v) is 5.28. The van der Waals surface area contributed by atoms with Gasteiger partial charge in [-0.2, -0.15) is 0 Å². The summed E-state index contributed by atoms with van der Waals surface area (Å²) in [5.41, 5.74) is 2.64. The van der Waals surface area contributed by atoms with E-state index < -0.39 is 0 Å². The molecule has 1 aliphatic rings. The second-order valence-electron chi connectivity index (χ2n) is 4.97. The predicted octanol–water partition coefficient (Wildman–Crippen LogP) is 2.76. The molecule has 3 heteroatoms. The number of ether oxygens (including phenoxy) is 1.